The molecule has 2 N–H and O–H groups in total. The number of halogens is 1. The minimum atomic E-state index is -0.212. The number of benzene rings is 1. The molecule has 2 aromatic rings. The molecule has 0 spiro atoms. The van der Waals surface area contributed by atoms with Crippen molar-refractivity contribution in [2.24, 2.45) is 11.7 Å². The average Bonchev–Trinajstić information content (AvgIpc) is 2.61. The van der Waals surface area contributed by atoms with Gasteiger partial charge in [-0.3, -0.25) is 9.59 Å². The first-order valence-corrected chi connectivity index (χ1v) is 8.42. The fourth-order valence-electron chi connectivity index (χ4n) is 3.32. The summed E-state index contributed by atoms with van der Waals surface area (Å²) in [5.41, 5.74) is 6.17. The van der Waals surface area contributed by atoms with E-state index in [9.17, 15) is 9.59 Å². The summed E-state index contributed by atoms with van der Waals surface area (Å²) in [6.45, 7) is 3.64. The van der Waals surface area contributed by atoms with Gasteiger partial charge in [-0.25, -0.2) is 4.68 Å². The Bertz CT molecular complexity index is 794. The van der Waals surface area contributed by atoms with Crippen LogP contribution >= 0.6 is 12.4 Å². The van der Waals surface area contributed by atoms with Crippen LogP contribution in [-0.2, 0) is 11.3 Å². The molecule has 1 fully saturated rings. The van der Waals surface area contributed by atoms with E-state index in [0.717, 1.165) is 19.4 Å². The number of amides is 1. The minimum Gasteiger partial charge on any atom is -0.338 e. The van der Waals surface area contributed by atoms with Gasteiger partial charge in [-0.15, -0.1) is 17.5 Å². The van der Waals surface area contributed by atoms with E-state index in [-0.39, 0.29) is 42.9 Å². The zero-order chi connectivity index (χ0) is 17.1. The molecule has 1 aliphatic heterocycles. The van der Waals surface area contributed by atoms with E-state index in [2.05, 4.69) is 17.2 Å². The van der Waals surface area contributed by atoms with Gasteiger partial charge in [0, 0.05) is 25.6 Å². The van der Waals surface area contributed by atoms with Gasteiger partial charge in [-0.1, -0.05) is 24.3 Å². The van der Waals surface area contributed by atoms with Crippen LogP contribution in [0.3, 0.4) is 0 Å². The van der Waals surface area contributed by atoms with Crippen molar-refractivity contribution in [2.45, 2.75) is 38.8 Å². The van der Waals surface area contributed by atoms with Gasteiger partial charge in [-0.05, 0) is 30.9 Å². The van der Waals surface area contributed by atoms with Crippen molar-refractivity contribution in [3.8, 4) is 0 Å². The SMILES string of the molecule is CC1CCN(C(=O)CCn2nnc3ccccc3c2=O)C(CN)C1.Cl. The van der Waals surface area contributed by atoms with Crippen LogP contribution in [0.5, 0.6) is 0 Å². The molecule has 7 nitrogen and oxygen atoms in total. The van der Waals surface area contributed by atoms with Crippen LogP contribution < -0.4 is 11.3 Å². The molecule has 8 heteroatoms. The van der Waals surface area contributed by atoms with Gasteiger partial charge in [0.2, 0.25) is 5.91 Å². The number of carbonyl (C=O) groups excluding carboxylic acids is 1. The van der Waals surface area contributed by atoms with Gasteiger partial charge < -0.3 is 10.6 Å². The third kappa shape index (κ3) is 4.16. The number of rotatable bonds is 4. The summed E-state index contributed by atoms with van der Waals surface area (Å²) in [7, 11) is 0. The van der Waals surface area contributed by atoms with Crippen LogP contribution in [0.2, 0.25) is 0 Å². The first-order chi connectivity index (χ1) is 11.6. The number of hydrogen-bond donors (Lipinski definition) is 1. The number of hydrogen-bond acceptors (Lipinski definition) is 5. The number of nitrogens with zero attached hydrogens (tertiary/aromatic N) is 4. The fourth-order valence-corrected chi connectivity index (χ4v) is 3.32. The lowest BCUT2D eigenvalue weighted by atomic mass is 9.92. The van der Waals surface area contributed by atoms with Crippen LogP contribution in [0, 0.1) is 5.92 Å². The fraction of sp³-hybridized carbons (Fsp3) is 0.529. The quantitative estimate of drug-likeness (QED) is 0.878. The van der Waals surface area contributed by atoms with E-state index >= 15 is 0 Å². The number of likely N-dealkylation sites (tertiary alicyclic amines) is 1. The molecule has 136 valence electrons. The van der Waals surface area contributed by atoms with Crippen LogP contribution in [0.25, 0.3) is 10.9 Å². The summed E-state index contributed by atoms with van der Waals surface area (Å²) in [5, 5.41) is 8.50. The second kappa shape index (κ2) is 8.40. The summed E-state index contributed by atoms with van der Waals surface area (Å²) in [6, 6.07) is 7.18. The molecule has 0 radical (unpaired) electrons. The smallest absolute Gasteiger partial charge is 0.277 e. The Morgan fingerprint density at radius 2 is 2.12 bits per heavy atom. The molecule has 2 unspecified atom stereocenters. The summed E-state index contributed by atoms with van der Waals surface area (Å²) in [6.07, 6.45) is 2.17. The maximum absolute atomic E-state index is 12.5. The lowest BCUT2D eigenvalue weighted by Gasteiger charge is -2.38. The number of aromatic nitrogens is 3. The lowest BCUT2D eigenvalue weighted by Crippen LogP contribution is -2.49. The molecule has 1 amide bonds. The van der Waals surface area contributed by atoms with Crippen molar-refractivity contribution >= 4 is 29.2 Å². The zero-order valence-corrected chi connectivity index (χ0v) is 15.1. The predicted octanol–water partition coefficient (Wildman–Crippen LogP) is 1.19. The monoisotopic (exact) mass is 365 g/mol. The summed E-state index contributed by atoms with van der Waals surface area (Å²) < 4.78 is 1.27. The van der Waals surface area contributed by atoms with Crippen LogP contribution in [0.4, 0.5) is 0 Å². The van der Waals surface area contributed by atoms with E-state index in [1.807, 2.05) is 11.0 Å². The molecule has 0 bridgehead atoms. The Hall–Kier alpha value is -1.99. The topological polar surface area (TPSA) is 94.1 Å². The van der Waals surface area contributed by atoms with Crippen LogP contribution in [-0.4, -0.2) is 44.9 Å². The highest BCUT2D eigenvalue weighted by Crippen LogP contribution is 2.22. The predicted molar refractivity (Wildman–Crippen MR) is 98.6 cm³/mol. The van der Waals surface area contributed by atoms with Gasteiger partial charge in [0.1, 0.15) is 5.52 Å². The standard InChI is InChI=1S/C17H23N5O2.ClH/c1-12-6-8-21(13(10-12)11-18)16(23)7-9-22-17(24)14-4-2-3-5-15(14)19-20-22;/h2-5,12-13H,6-11,18H2,1H3;1H. The zero-order valence-electron chi connectivity index (χ0n) is 14.3. The van der Waals surface area contributed by atoms with Gasteiger partial charge in [0.05, 0.1) is 11.9 Å². The van der Waals surface area contributed by atoms with E-state index in [1.165, 1.54) is 4.68 Å². The van der Waals surface area contributed by atoms with E-state index in [1.54, 1.807) is 18.2 Å². The molecular weight excluding hydrogens is 342 g/mol. The molecule has 1 saturated heterocycles. The largest absolute Gasteiger partial charge is 0.338 e. The maximum atomic E-state index is 12.5. The van der Waals surface area contributed by atoms with Crippen molar-refractivity contribution < 1.29 is 4.79 Å². The second-order valence-corrected chi connectivity index (χ2v) is 6.49. The van der Waals surface area contributed by atoms with Crippen molar-refractivity contribution in [2.75, 3.05) is 13.1 Å². The second-order valence-electron chi connectivity index (χ2n) is 6.49. The van der Waals surface area contributed by atoms with Gasteiger partial charge in [0.25, 0.3) is 5.56 Å². The van der Waals surface area contributed by atoms with Gasteiger partial charge in [0.15, 0.2) is 0 Å². The molecule has 1 aromatic heterocycles. The number of fused-ring (bicyclic) bond motifs is 1. The highest BCUT2D eigenvalue weighted by atomic mass is 35.5. The molecule has 0 saturated carbocycles. The third-order valence-corrected chi connectivity index (χ3v) is 4.74. The third-order valence-electron chi connectivity index (χ3n) is 4.74. The Kier molecular flexibility index (Phi) is 6.50. The highest BCUT2D eigenvalue weighted by molar-refractivity contribution is 5.85. The molecule has 25 heavy (non-hydrogen) atoms. The van der Waals surface area contributed by atoms with Crippen molar-refractivity contribution in [1.82, 2.24) is 19.9 Å². The van der Waals surface area contributed by atoms with E-state index < -0.39 is 0 Å². The molecular formula is C17H24ClN5O2. The number of carbonyl (C=O) groups is 1. The summed E-state index contributed by atoms with van der Waals surface area (Å²) >= 11 is 0. The van der Waals surface area contributed by atoms with Crippen LogP contribution in [0.1, 0.15) is 26.2 Å². The van der Waals surface area contributed by atoms with Crippen molar-refractivity contribution in [3.05, 3.63) is 34.6 Å². The van der Waals surface area contributed by atoms with Crippen molar-refractivity contribution in [3.63, 3.8) is 0 Å². The Balaban J connectivity index is 0.00000225. The van der Waals surface area contributed by atoms with Gasteiger partial charge in [-0.2, -0.15) is 0 Å². The maximum Gasteiger partial charge on any atom is 0.277 e. The summed E-state index contributed by atoms with van der Waals surface area (Å²) in [5.74, 6) is 0.621. The lowest BCUT2D eigenvalue weighted by molar-refractivity contribution is -0.135. The number of aryl methyl sites for hydroxylation is 1. The molecule has 1 aromatic carbocycles. The Morgan fingerprint density at radius 3 is 2.88 bits per heavy atom. The van der Waals surface area contributed by atoms with E-state index in [4.69, 9.17) is 5.73 Å². The Morgan fingerprint density at radius 1 is 1.36 bits per heavy atom. The molecule has 3 rings (SSSR count). The number of piperidine rings is 1. The first-order valence-electron chi connectivity index (χ1n) is 8.42. The van der Waals surface area contributed by atoms with E-state index in [0.29, 0.717) is 23.4 Å². The molecule has 0 aliphatic carbocycles. The molecule has 1 aliphatic rings. The number of nitrogens with two attached hydrogens (primary N) is 1. The van der Waals surface area contributed by atoms with Crippen LogP contribution in [0.15, 0.2) is 29.1 Å². The highest BCUT2D eigenvalue weighted by Gasteiger charge is 2.28. The summed E-state index contributed by atoms with van der Waals surface area (Å²) in [4.78, 5) is 26.8. The first kappa shape index (κ1) is 19.3. The van der Waals surface area contributed by atoms with Gasteiger partial charge >= 0.3 is 0 Å². The molecule has 2 heterocycles. The van der Waals surface area contributed by atoms with Crippen molar-refractivity contribution in [1.29, 1.82) is 0 Å². The normalized spacial score (nSPS) is 20.3. The minimum absolute atomic E-state index is 0. The molecule has 2 atom stereocenters. The Labute approximate surface area is 152 Å². The average molecular weight is 366 g/mol.